The van der Waals surface area contributed by atoms with Crippen molar-refractivity contribution in [3.05, 3.63) is 131 Å². The van der Waals surface area contributed by atoms with Gasteiger partial charge in [-0.15, -0.1) is 10.2 Å². The van der Waals surface area contributed by atoms with Gasteiger partial charge in [-0.1, -0.05) is 99.1 Å². The first kappa shape index (κ1) is 31.1. The lowest BCUT2D eigenvalue weighted by molar-refractivity contribution is 0.286. The number of fused-ring (bicyclic) bond motifs is 3. The minimum absolute atomic E-state index is 0.121. The molecule has 0 amide bonds. The predicted molar refractivity (Wildman–Crippen MR) is 193 cm³/mol. The van der Waals surface area contributed by atoms with Crippen LogP contribution < -0.4 is 10.4 Å². The van der Waals surface area contributed by atoms with Gasteiger partial charge in [-0.2, -0.15) is 5.10 Å². The average molecular weight is 659 g/mol. The second-order valence-electron chi connectivity index (χ2n) is 13.1. The molecule has 238 valence electrons. The quantitative estimate of drug-likeness (QED) is 0.150. The monoisotopic (exact) mass is 658 g/mol. The van der Waals surface area contributed by atoms with E-state index in [0.29, 0.717) is 18.2 Å². The number of aromatic nitrogens is 6. The Kier molecular flexibility index (Phi) is 8.12. The van der Waals surface area contributed by atoms with E-state index in [0.717, 1.165) is 51.6 Å². The molecule has 3 aromatic carbocycles. The number of pyridine rings is 1. The van der Waals surface area contributed by atoms with Gasteiger partial charge < -0.3 is 8.99 Å². The number of aryl methyl sites for hydroxylation is 2. The Labute approximate surface area is 281 Å². The van der Waals surface area contributed by atoms with Crippen molar-refractivity contribution < 1.29 is 4.43 Å². The van der Waals surface area contributed by atoms with Crippen LogP contribution in [0.5, 0.6) is 0 Å². The summed E-state index contributed by atoms with van der Waals surface area (Å²) in [4.78, 5) is 0. The third-order valence-electron chi connectivity index (χ3n) is 9.06. The fourth-order valence-electron chi connectivity index (χ4n) is 6.93. The standard InChI is InChI=1S/C38H39ClN6OSi/c1-6-43-20-19-33(42-43)35-24-36-34(17-18-37-41-40-27(2)45(36)37)44(35)25-28-21-29(23-30(39)22-28)26-46-47(38(3,4)5,31-13-9-7-10-14-31)32-15-11-8-12-16-32/h7-24H,6,25-26H2,1-5H3. The number of hydrogen-bond acceptors (Lipinski definition) is 4. The Morgan fingerprint density at radius 1 is 0.787 bits per heavy atom. The summed E-state index contributed by atoms with van der Waals surface area (Å²) in [6.07, 6.45) is 2.02. The topological polar surface area (TPSA) is 62.2 Å². The molecule has 9 heteroatoms. The highest BCUT2D eigenvalue weighted by atomic mass is 35.5. The lowest BCUT2D eigenvalue weighted by atomic mass is 10.1. The van der Waals surface area contributed by atoms with Gasteiger partial charge in [-0.25, -0.2) is 0 Å². The van der Waals surface area contributed by atoms with Gasteiger partial charge in [0.1, 0.15) is 11.5 Å². The van der Waals surface area contributed by atoms with E-state index in [9.17, 15) is 0 Å². The Bertz CT molecular complexity index is 2140. The van der Waals surface area contributed by atoms with Crippen LogP contribution in [0.2, 0.25) is 10.1 Å². The van der Waals surface area contributed by atoms with Crippen LogP contribution in [0.4, 0.5) is 0 Å². The summed E-state index contributed by atoms with van der Waals surface area (Å²) in [5.41, 5.74) is 7.02. The highest BCUT2D eigenvalue weighted by Gasteiger charge is 2.50. The van der Waals surface area contributed by atoms with Crippen LogP contribution in [0.3, 0.4) is 0 Å². The molecule has 4 aromatic heterocycles. The van der Waals surface area contributed by atoms with E-state index in [4.69, 9.17) is 21.1 Å². The van der Waals surface area contributed by atoms with Crippen LogP contribution >= 0.6 is 11.6 Å². The molecule has 7 rings (SSSR count). The Morgan fingerprint density at radius 2 is 1.47 bits per heavy atom. The number of rotatable bonds is 9. The molecule has 0 unspecified atom stereocenters. The average Bonchev–Trinajstić information content (AvgIpc) is 3.79. The maximum Gasteiger partial charge on any atom is 0.261 e. The van der Waals surface area contributed by atoms with Crippen molar-refractivity contribution in [2.24, 2.45) is 0 Å². The first-order chi connectivity index (χ1) is 22.7. The zero-order chi connectivity index (χ0) is 32.8. The largest absolute Gasteiger partial charge is 0.403 e. The van der Waals surface area contributed by atoms with Crippen molar-refractivity contribution in [1.29, 1.82) is 0 Å². The van der Waals surface area contributed by atoms with E-state index in [-0.39, 0.29) is 5.04 Å². The molecule has 0 radical (unpaired) electrons. The maximum atomic E-state index is 7.27. The first-order valence-corrected chi connectivity index (χ1v) is 18.4. The van der Waals surface area contributed by atoms with Gasteiger partial charge in [0.15, 0.2) is 5.65 Å². The lowest BCUT2D eigenvalue weighted by Gasteiger charge is -2.43. The molecule has 4 heterocycles. The normalized spacial score (nSPS) is 12.4. The van der Waals surface area contributed by atoms with E-state index in [1.165, 1.54) is 10.4 Å². The van der Waals surface area contributed by atoms with Crippen molar-refractivity contribution >= 4 is 47.0 Å². The molecule has 7 nitrogen and oxygen atoms in total. The number of hydrogen-bond donors (Lipinski definition) is 0. The van der Waals surface area contributed by atoms with E-state index in [1.807, 2.05) is 29.9 Å². The number of nitrogens with zero attached hydrogens (tertiary/aromatic N) is 6. The van der Waals surface area contributed by atoms with Crippen LogP contribution in [-0.4, -0.2) is 37.3 Å². The van der Waals surface area contributed by atoms with Gasteiger partial charge in [0.2, 0.25) is 0 Å². The van der Waals surface area contributed by atoms with Crippen LogP contribution in [-0.2, 0) is 24.1 Å². The summed E-state index contributed by atoms with van der Waals surface area (Å²) in [6.45, 7) is 12.8. The molecule has 47 heavy (non-hydrogen) atoms. The second-order valence-corrected chi connectivity index (χ2v) is 17.9. The second kappa shape index (κ2) is 12.3. The van der Waals surface area contributed by atoms with Gasteiger partial charge in [0.05, 0.1) is 23.3 Å². The summed E-state index contributed by atoms with van der Waals surface area (Å²) in [5.74, 6) is 0.846. The van der Waals surface area contributed by atoms with Crippen molar-refractivity contribution in [3.8, 4) is 11.4 Å². The summed E-state index contributed by atoms with van der Waals surface area (Å²) in [6, 6.07) is 36.2. The lowest BCUT2D eigenvalue weighted by Crippen LogP contribution is -2.66. The molecule has 7 aromatic rings. The molecule has 0 aliphatic carbocycles. The zero-order valence-electron chi connectivity index (χ0n) is 27.5. The minimum atomic E-state index is -2.72. The highest BCUT2D eigenvalue weighted by molar-refractivity contribution is 6.99. The van der Waals surface area contributed by atoms with Crippen molar-refractivity contribution in [1.82, 2.24) is 28.9 Å². The van der Waals surface area contributed by atoms with E-state index < -0.39 is 8.32 Å². The van der Waals surface area contributed by atoms with E-state index in [1.54, 1.807) is 0 Å². The SMILES string of the molecule is CCn1ccc(-c2cc3c(ccc4nnc(C)n43)n2Cc2cc(Cl)cc(CO[Si](c3ccccc3)(c3ccccc3)C(C)(C)C)c2)n1. The first-order valence-electron chi connectivity index (χ1n) is 16.1. The van der Waals surface area contributed by atoms with Crippen molar-refractivity contribution in [3.63, 3.8) is 0 Å². The van der Waals surface area contributed by atoms with Crippen molar-refractivity contribution in [2.75, 3.05) is 0 Å². The fourth-order valence-corrected chi connectivity index (χ4v) is 11.7. The van der Waals surface area contributed by atoms with Crippen LogP contribution in [0.1, 0.15) is 44.6 Å². The third kappa shape index (κ3) is 5.60. The smallest absolute Gasteiger partial charge is 0.261 e. The summed E-state index contributed by atoms with van der Waals surface area (Å²) in [7, 11) is -2.72. The zero-order valence-corrected chi connectivity index (χ0v) is 29.2. The number of halogens is 1. The third-order valence-corrected chi connectivity index (χ3v) is 14.3. The van der Waals surface area contributed by atoms with Crippen LogP contribution in [0.25, 0.3) is 28.1 Å². The molecule has 0 saturated heterocycles. The van der Waals surface area contributed by atoms with E-state index >= 15 is 0 Å². The minimum Gasteiger partial charge on any atom is -0.403 e. The molecule has 0 atom stereocenters. The molecule has 0 N–H and O–H groups in total. The Hall–Kier alpha value is -4.50. The Morgan fingerprint density at radius 3 is 2.11 bits per heavy atom. The molecule has 0 saturated carbocycles. The molecule has 0 fully saturated rings. The molecule has 0 spiro atoms. The molecular weight excluding hydrogens is 620 g/mol. The summed E-state index contributed by atoms with van der Waals surface area (Å²) in [5, 5.41) is 16.7. The predicted octanol–water partition coefficient (Wildman–Crippen LogP) is 7.65. The number of benzene rings is 3. The van der Waals surface area contributed by atoms with Crippen LogP contribution in [0.15, 0.2) is 109 Å². The molecule has 0 aliphatic rings. The van der Waals surface area contributed by atoms with Crippen molar-refractivity contribution in [2.45, 2.75) is 59.4 Å². The van der Waals surface area contributed by atoms with Gasteiger partial charge in [0, 0.05) is 24.3 Å². The fraction of sp³-hybridized carbons (Fsp3) is 0.237. The van der Waals surface area contributed by atoms with E-state index in [2.05, 4.69) is 138 Å². The maximum absolute atomic E-state index is 7.27. The molecule has 0 aliphatic heterocycles. The highest BCUT2D eigenvalue weighted by Crippen LogP contribution is 2.38. The summed E-state index contributed by atoms with van der Waals surface area (Å²) >= 11 is 6.86. The van der Waals surface area contributed by atoms with Gasteiger partial charge in [0.25, 0.3) is 8.32 Å². The summed E-state index contributed by atoms with van der Waals surface area (Å²) < 4.78 is 13.6. The van der Waals surface area contributed by atoms with Crippen LogP contribution in [0, 0.1) is 6.92 Å². The molecule has 0 bridgehead atoms. The Balaban J connectivity index is 1.30. The molecular formula is C38H39ClN6OSi. The van der Waals surface area contributed by atoms with Gasteiger partial charge in [-0.3, -0.25) is 9.08 Å². The van der Waals surface area contributed by atoms with Gasteiger partial charge in [-0.05, 0) is 76.8 Å². The van der Waals surface area contributed by atoms with Gasteiger partial charge >= 0.3 is 0 Å².